The number of hydrogen-bond acceptors (Lipinski definition) is 5. The van der Waals surface area contributed by atoms with Gasteiger partial charge in [-0.1, -0.05) is 23.7 Å². The number of nitrogens with zero attached hydrogens (tertiary/aromatic N) is 3. The monoisotopic (exact) mass is 444 g/mol. The SMILES string of the molecule is CCN1C(=O)c2c(OC)c(=O)c(C(=O)NCc3ccc(Cl)cc3)cn2N2CCCC[C@@H]12. The number of halogens is 1. The second-order valence-electron chi connectivity index (χ2n) is 7.64. The Morgan fingerprint density at radius 2 is 1.97 bits per heavy atom. The number of carbonyl (C=O) groups is 2. The van der Waals surface area contributed by atoms with E-state index in [4.69, 9.17) is 16.3 Å². The highest BCUT2D eigenvalue weighted by Crippen LogP contribution is 2.29. The Bertz CT molecular complexity index is 1070. The van der Waals surface area contributed by atoms with Crippen LogP contribution >= 0.6 is 11.6 Å². The average molecular weight is 445 g/mol. The number of pyridine rings is 1. The number of amides is 2. The topological polar surface area (TPSA) is 83.9 Å². The number of rotatable bonds is 5. The quantitative estimate of drug-likeness (QED) is 0.765. The molecule has 1 N–H and O–H groups in total. The molecule has 0 bridgehead atoms. The Kier molecular flexibility index (Phi) is 5.91. The summed E-state index contributed by atoms with van der Waals surface area (Å²) in [4.78, 5) is 40.9. The Hall–Kier alpha value is -3.00. The minimum atomic E-state index is -0.595. The standard InChI is InChI=1S/C22H25ClN4O4/c1-3-25-17-6-4-5-11-26(17)27-13-16(19(28)20(31-2)18(27)22(25)30)21(29)24-12-14-7-9-15(23)10-8-14/h7-10,13,17H,3-6,11-12H2,1-2H3,(H,24,29)/t17-/m0/s1. The molecule has 0 unspecified atom stereocenters. The van der Waals surface area contributed by atoms with Crippen LogP contribution in [0.25, 0.3) is 0 Å². The predicted octanol–water partition coefficient (Wildman–Crippen LogP) is 2.36. The molecule has 2 aliphatic rings. The molecule has 8 nitrogen and oxygen atoms in total. The molecule has 1 saturated heterocycles. The fourth-order valence-electron chi connectivity index (χ4n) is 4.30. The Labute approximate surface area is 185 Å². The highest BCUT2D eigenvalue weighted by molar-refractivity contribution is 6.30. The van der Waals surface area contributed by atoms with Crippen molar-refractivity contribution in [3.8, 4) is 5.75 Å². The summed E-state index contributed by atoms with van der Waals surface area (Å²) >= 11 is 5.90. The fourth-order valence-corrected chi connectivity index (χ4v) is 4.43. The lowest BCUT2D eigenvalue weighted by atomic mass is 10.1. The highest BCUT2D eigenvalue weighted by Gasteiger charge is 2.41. The van der Waals surface area contributed by atoms with Crippen LogP contribution in [0.15, 0.2) is 35.3 Å². The van der Waals surface area contributed by atoms with Gasteiger partial charge < -0.3 is 15.0 Å². The smallest absolute Gasteiger partial charge is 0.278 e. The van der Waals surface area contributed by atoms with Gasteiger partial charge in [0.1, 0.15) is 11.7 Å². The molecule has 0 saturated carbocycles. The first kappa shape index (κ1) is 21.2. The van der Waals surface area contributed by atoms with Crippen LogP contribution in [0.3, 0.4) is 0 Å². The van der Waals surface area contributed by atoms with Gasteiger partial charge in [-0.15, -0.1) is 0 Å². The van der Waals surface area contributed by atoms with E-state index in [9.17, 15) is 14.4 Å². The molecule has 1 fully saturated rings. The van der Waals surface area contributed by atoms with Gasteiger partial charge in [-0.25, -0.2) is 0 Å². The van der Waals surface area contributed by atoms with Crippen LogP contribution in [0.5, 0.6) is 5.75 Å². The molecule has 0 aliphatic carbocycles. The lowest BCUT2D eigenvalue weighted by molar-refractivity contribution is 0.0534. The van der Waals surface area contributed by atoms with E-state index in [0.717, 1.165) is 31.4 Å². The zero-order valence-electron chi connectivity index (χ0n) is 17.6. The number of hydrogen-bond donors (Lipinski definition) is 1. The Morgan fingerprint density at radius 3 is 2.65 bits per heavy atom. The molecule has 2 aromatic rings. The summed E-state index contributed by atoms with van der Waals surface area (Å²) in [5, 5.41) is 5.42. The largest absolute Gasteiger partial charge is 0.491 e. The number of aromatic nitrogens is 1. The lowest BCUT2D eigenvalue weighted by Gasteiger charge is -2.48. The molecular formula is C22H25ClN4O4. The van der Waals surface area contributed by atoms with Crippen LogP contribution in [0.2, 0.25) is 5.02 Å². The van der Waals surface area contributed by atoms with Crippen molar-refractivity contribution in [3.63, 3.8) is 0 Å². The van der Waals surface area contributed by atoms with E-state index >= 15 is 0 Å². The fraction of sp³-hybridized carbons (Fsp3) is 0.409. The van der Waals surface area contributed by atoms with Crippen LogP contribution in [-0.4, -0.2) is 47.8 Å². The first-order valence-corrected chi connectivity index (χ1v) is 10.8. The van der Waals surface area contributed by atoms with Gasteiger partial charge >= 0.3 is 0 Å². The molecular weight excluding hydrogens is 420 g/mol. The maximum absolute atomic E-state index is 13.2. The van der Waals surface area contributed by atoms with E-state index in [2.05, 4.69) is 5.32 Å². The summed E-state index contributed by atoms with van der Waals surface area (Å²) in [5.74, 6) is -0.883. The van der Waals surface area contributed by atoms with Gasteiger partial charge in [0, 0.05) is 30.9 Å². The number of piperidine rings is 1. The zero-order chi connectivity index (χ0) is 22.1. The van der Waals surface area contributed by atoms with Crippen LogP contribution in [0, 0.1) is 0 Å². The van der Waals surface area contributed by atoms with E-state index in [1.165, 1.54) is 13.3 Å². The molecule has 4 rings (SSSR count). The minimum absolute atomic E-state index is 0.0587. The van der Waals surface area contributed by atoms with Crippen LogP contribution in [0.1, 0.15) is 52.6 Å². The third-order valence-corrected chi connectivity index (χ3v) is 6.10. The van der Waals surface area contributed by atoms with Crippen molar-refractivity contribution in [1.29, 1.82) is 0 Å². The van der Waals surface area contributed by atoms with Gasteiger partial charge in [0.25, 0.3) is 11.8 Å². The number of ether oxygens (including phenoxy) is 1. The molecule has 2 amide bonds. The van der Waals surface area contributed by atoms with Crippen molar-refractivity contribution >= 4 is 23.4 Å². The van der Waals surface area contributed by atoms with E-state index in [-0.39, 0.29) is 35.6 Å². The first-order chi connectivity index (χ1) is 15.0. The van der Waals surface area contributed by atoms with Crippen LogP contribution in [0.4, 0.5) is 0 Å². The van der Waals surface area contributed by atoms with Crippen molar-refractivity contribution in [2.75, 3.05) is 25.2 Å². The molecule has 1 aromatic carbocycles. The number of benzene rings is 1. The number of methoxy groups -OCH3 is 1. The normalized spacial score (nSPS) is 17.8. The molecule has 2 aliphatic heterocycles. The molecule has 164 valence electrons. The third-order valence-electron chi connectivity index (χ3n) is 5.85. The Balaban J connectivity index is 1.72. The first-order valence-electron chi connectivity index (χ1n) is 10.4. The van der Waals surface area contributed by atoms with Crippen molar-refractivity contribution in [1.82, 2.24) is 14.9 Å². The summed E-state index contributed by atoms with van der Waals surface area (Å²) < 4.78 is 7.00. The molecule has 0 radical (unpaired) electrons. The van der Waals surface area contributed by atoms with Crippen molar-refractivity contribution in [3.05, 3.63) is 62.5 Å². The van der Waals surface area contributed by atoms with E-state index in [1.807, 2.05) is 11.9 Å². The molecule has 9 heteroatoms. The van der Waals surface area contributed by atoms with Gasteiger partial charge in [0.2, 0.25) is 5.43 Å². The highest BCUT2D eigenvalue weighted by atomic mass is 35.5. The summed E-state index contributed by atoms with van der Waals surface area (Å²) in [6, 6.07) is 7.08. The van der Waals surface area contributed by atoms with E-state index < -0.39 is 11.3 Å². The van der Waals surface area contributed by atoms with Gasteiger partial charge in [-0.3, -0.25) is 24.1 Å². The molecule has 3 heterocycles. The maximum Gasteiger partial charge on any atom is 0.278 e. The molecule has 31 heavy (non-hydrogen) atoms. The predicted molar refractivity (Wildman–Crippen MR) is 117 cm³/mol. The van der Waals surface area contributed by atoms with Crippen molar-refractivity contribution in [2.45, 2.75) is 38.9 Å². The van der Waals surface area contributed by atoms with Crippen molar-refractivity contribution < 1.29 is 14.3 Å². The lowest BCUT2D eigenvalue weighted by Crippen LogP contribution is -2.63. The van der Waals surface area contributed by atoms with E-state index in [1.54, 1.807) is 33.8 Å². The Morgan fingerprint density at radius 1 is 1.23 bits per heavy atom. The number of carbonyl (C=O) groups excluding carboxylic acids is 2. The van der Waals surface area contributed by atoms with Crippen LogP contribution < -0.4 is 20.5 Å². The summed E-state index contributed by atoms with van der Waals surface area (Å²) in [6.45, 7) is 3.41. The third kappa shape index (κ3) is 3.76. The van der Waals surface area contributed by atoms with Crippen molar-refractivity contribution in [2.24, 2.45) is 0 Å². The number of nitrogens with one attached hydrogen (secondary N) is 1. The average Bonchev–Trinajstić information content (AvgIpc) is 2.78. The van der Waals surface area contributed by atoms with Gasteiger partial charge in [-0.05, 0) is 43.9 Å². The van der Waals surface area contributed by atoms with Crippen LogP contribution in [-0.2, 0) is 6.54 Å². The summed E-state index contributed by atoms with van der Waals surface area (Å²) in [5.41, 5.74) is 0.369. The second-order valence-corrected chi connectivity index (χ2v) is 8.07. The summed E-state index contributed by atoms with van der Waals surface area (Å²) in [7, 11) is 1.35. The summed E-state index contributed by atoms with van der Waals surface area (Å²) in [6.07, 6.45) is 4.20. The molecule has 1 aromatic heterocycles. The zero-order valence-corrected chi connectivity index (χ0v) is 18.3. The molecule has 1 atom stereocenters. The van der Waals surface area contributed by atoms with Gasteiger partial charge in [0.15, 0.2) is 11.4 Å². The maximum atomic E-state index is 13.2. The van der Waals surface area contributed by atoms with E-state index in [0.29, 0.717) is 11.6 Å². The number of fused-ring (bicyclic) bond motifs is 3. The second kappa shape index (κ2) is 8.63. The van der Waals surface area contributed by atoms with Gasteiger partial charge in [-0.2, -0.15) is 0 Å². The minimum Gasteiger partial charge on any atom is -0.491 e. The molecule has 0 spiro atoms. The van der Waals surface area contributed by atoms with Gasteiger partial charge in [0.05, 0.1) is 7.11 Å².